The Morgan fingerprint density at radius 3 is 2.89 bits per heavy atom. The van der Waals surface area contributed by atoms with Gasteiger partial charge < -0.3 is 4.74 Å². The molecule has 0 atom stereocenters. The summed E-state index contributed by atoms with van der Waals surface area (Å²) in [6.45, 7) is 2.04. The summed E-state index contributed by atoms with van der Waals surface area (Å²) >= 11 is 0. The maximum atomic E-state index is 11.4. The summed E-state index contributed by atoms with van der Waals surface area (Å²) in [5.41, 5.74) is 0.555. The minimum atomic E-state index is -0.439. The maximum absolute atomic E-state index is 11.4. The van der Waals surface area contributed by atoms with E-state index in [0.29, 0.717) is 18.0 Å². The lowest BCUT2D eigenvalue weighted by molar-refractivity contribution is 0.0526. The van der Waals surface area contributed by atoms with Crippen molar-refractivity contribution in [3.63, 3.8) is 0 Å². The molecule has 2 aromatic rings. The highest BCUT2D eigenvalue weighted by molar-refractivity contribution is 5.88. The molecule has 0 saturated heterocycles. The zero-order valence-corrected chi connectivity index (χ0v) is 9.57. The summed E-state index contributed by atoms with van der Waals surface area (Å²) in [7, 11) is 0. The van der Waals surface area contributed by atoms with E-state index in [1.165, 1.54) is 29.5 Å². The molecule has 2 heterocycles. The molecule has 0 N–H and O–H groups in total. The van der Waals surface area contributed by atoms with Crippen molar-refractivity contribution in [3.8, 4) is 11.9 Å². The number of rotatable bonds is 3. The highest BCUT2D eigenvalue weighted by Crippen LogP contribution is 2.06. The van der Waals surface area contributed by atoms with Crippen molar-refractivity contribution in [1.29, 1.82) is 5.26 Å². The molecule has 0 aliphatic carbocycles. The van der Waals surface area contributed by atoms with Gasteiger partial charge in [0.05, 0.1) is 30.8 Å². The Labute approximate surface area is 103 Å². The van der Waals surface area contributed by atoms with E-state index < -0.39 is 5.97 Å². The van der Waals surface area contributed by atoms with Crippen LogP contribution in [-0.4, -0.2) is 32.3 Å². The minimum Gasteiger partial charge on any atom is -0.462 e. The van der Waals surface area contributed by atoms with Crippen molar-refractivity contribution in [3.05, 3.63) is 36.0 Å². The lowest BCUT2D eigenvalue weighted by Gasteiger charge is -1.98. The van der Waals surface area contributed by atoms with Crippen molar-refractivity contribution < 1.29 is 9.53 Å². The van der Waals surface area contributed by atoms with E-state index in [-0.39, 0.29) is 5.69 Å². The number of hydrogen-bond donors (Lipinski definition) is 0. The maximum Gasteiger partial charge on any atom is 0.341 e. The second-order valence-corrected chi connectivity index (χ2v) is 3.27. The van der Waals surface area contributed by atoms with E-state index in [9.17, 15) is 4.79 Å². The molecule has 0 spiro atoms. The molecule has 2 rings (SSSR count). The molecule has 7 heteroatoms. The molecule has 0 saturated carbocycles. The summed E-state index contributed by atoms with van der Waals surface area (Å²) < 4.78 is 6.23. The Balaban J connectivity index is 2.24. The van der Waals surface area contributed by atoms with Crippen LogP contribution in [0.3, 0.4) is 0 Å². The second-order valence-electron chi connectivity index (χ2n) is 3.27. The zero-order valence-electron chi connectivity index (χ0n) is 9.57. The quantitative estimate of drug-likeness (QED) is 0.737. The van der Waals surface area contributed by atoms with Crippen molar-refractivity contribution >= 4 is 5.97 Å². The Hall–Kier alpha value is -2.75. The molecule has 0 unspecified atom stereocenters. The first-order valence-corrected chi connectivity index (χ1v) is 5.19. The van der Waals surface area contributed by atoms with Crippen LogP contribution in [0, 0.1) is 11.3 Å². The van der Waals surface area contributed by atoms with E-state index in [2.05, 4.69) is 15.1 Å². The highest BCUT2D eigenvalue weighted by Gasteiger charge is 2.10. The van der Waals surface area contributed by atoms with Crippen LogP contribution in [0.4, 0.5) is 0 Å². The third-order valence-corrected chi connectivity index (χ3v) is 2.08. The number of nitriles is 1. The summed E-state index contributed by atoms with van der Waals surface area (Å²) in [6.07, 6.45) is 5.62. The van der Waals surface area contributed by atoms with Crippen LogP contribution in [0.15, 0.2) is 24.8 Å². The zero-order chi connectivity index (χ0) is 13.0. The molecular formula is C11H9N5O2. The molecule has 18 heavy (non-hydrogen) atoms. The second kappa shape index (κ2) is 5.05. The topological polar surface area (TPSA) is 93.7 Å². The lowest BCUT2D eigenvalue weighted by Crippen LogP contribution is -2.03. The van der Waals surface area contributed by atoms with E-state index in [1.807, 2.05) is 6.07 Å². The first kappa shape index (κ1) is 11.7. The Morgan fingerprint density at radius 2 is 2.28 bits per heavy atom. The van der Waals surface area contributed by atoms with Crippen molar-refractivity contribution in [2.24, 2.45) is 0 Å². The van der Waals surface area contributed by atoms with Gasteiger partial charge in [-0.3, -0.25) is 0 Å². The fourth-order valence-corrected chi connectivity index (χ4v) is 1.27. The van der Waals surface area contributed by atoms with Gasteiger partial charge in [0.25, 0.3) is 0 Å². The van der Waals surface area contributed by atoms with Crippen molar-refractivity contribution in [1.82, 2.24) is 19.7 Å². The third kappa shape index (κ3) is 2.32. The molecule has 7 nitrogen and oxygen atoms in total. The molecule has 0 aromatic carbocycles. The summed E-state index contributed by atoms with van der Waals surface area (Å²) in [5.74, 6) is -0.0186. The highest BCUT2D eigenvalue weighted by atomic mass is 16.5. The Kier molecular flexibility index (Phi) is 3.29. The Morgan fingerprint density at radius 1 is 1.44 bits per heavy atom. The number of carbonyl (C=O) groups is 1. The molecule has 0 aliphatic heterocycles. The van der Waals surface area contributed by atoms with Gasteiger partial charge in [-0.05, 0) is 6.92 Å². The number of aromatic nitrogens is 4. The minimum absolute atomic E-state index is 0.219. The molecule has 0 fully saturated rings. The molecule has 0 amide bonds. The largest absolute Gasteiger partial charge is 0.462 e. The molecule has 90 valence electrons. The van der Waals surface area contributed by atoms with Crippen molar-refractivity contribution in [2.75, 3.05) is 6.61 Å². The van der Waals surface area contributed by atoms with Crippen LogP contribution < -0.4 is 0 Å². The van der Waals surface area contributed by atoms with Gasteiger partial charge in [-0.25, -0.2) is 19.4 Å². The molecule has 0 bridgehead atoms. The van der Waals surface area contributed by atoms with E-state index >= 15 is 0 Å². The van der Waals surface area contributed by atoms with Gasteiger partial charge in [0.15, 0.2) is 11.5 Å². The van der Waals surface area contributed by atoms with Gasteiger partial charge in [-0.1, -0.05) is 0 Å². The predicted molar refractivity (Wildman–Crippen MR) is 59.8 cm³/mol. The number of ether oxygens (including phenoxy) is 1. The summed E-state index contributed by atoms with van der Waals surface area (Å²) in [4.78, 5) is 19.3. The first-order valence-electron chi connectivity index (χ1n) is 5.19. The van der Waals surface area contributed by atoms with Crippen LogP contribution in [0.5, 0.6) is 0 Å². The SMILES string of the molecule is CCOC(=O)c1cnn(-c2cnc(C#N)cn2)c1. The number of hydrogen-bond acceptors (Lipinski definition) is 6. The van der Waals surface area contributed by atoms with E-state index in [0.717, 1.165) is 0 Å². The first-order chi connectivity index (χ1) is 8.74. The summed E-state index contributed by atoms with van der Waals surface area (Å²) in [5, 5.41) is 12.6. The number of nitrogens with zero attached hydrogens (tertiary/aromatic N) is 5. The number of carbonyl (C=O) groups excluding carboxylic acids is 1. The average Bonchev–Trinajstić information content (AvgIpc) is 2.89. The average molecular weight is 243 g/mol. The van der Waals surface area contributed by atoms with Crippen LogP contribution in [0.1, 0.15) is 23.0 Å². The van der Waals surface area contributed by atoms with Gasteiger partial charge in [-0.15, -0.1) is 0 Å². The molecule has 0 radical (unpaired) electrons. The van der Waals surface area contributed by atoms with E-state index in [4.69, 9.17) is 10.00 Å². The van der Waals surface area contributed by atoms with Gasteiger partial charge in [0.2, 0.25) is 0 Å². The normalized spacial score (nSPS) is 9.78. The van der Waals surface area contributed by atoms with Gasteiger partial charge in [0, 0.05) is 6.20 Å². The van der Waals surface area contributed by atoms with Crippen LogP contribution >= 0.6 is 0 Å². The van der Waals surface area contributed by atoms with Crippen LogP contribution in [-0.2, 0) is 4.74 Å². The lowest BCUT2D eigenvalue weighted by atomic mass is 10.4. The number of esters is 1. The monoisotopic (exact) mass is 243 g/mol. The molecule has 2 aromatic heterocycles. The van der Waals surface area contributed by atoms with Gasteiger partial charge in [0.1, 0.15) is 6.07 Å². The van der Waals surface area contributed by atoms with Gasteiger partial charge in [-0.2, -0.15) is 10.4 Å². The smallest absolute Gasteiger partial charge is 0.341 e. The third-order valence-electron chi connectivity index (χ3n) is 2.08. The summed E-state index contributed by atoms with van der Waals surface area (Å²) in [6, 6.07) is 1.87. The van der Waals surface area contributed by atoms with Crippen LogP contribution in [0.2, 0.25) is 0 Å². The van der Waals surface area contributed by atoms with Gasteiger partial charge >= 0.3 is 5.97 Å². The predicted octanol–water partition coefficient (Wildman–Crippen LogP) is 0.711. The van der Waals surface area contributed by atoms with Crippen molar-refractivity contribution in [2.45, 2.75) is 6.92 Å². The van der Waals surface area contributed by atoms with E-state index in [1.54, 1.807) is 6.92 Å². The van der Waals surface area contributed by atoms with Crippen LogP contribution in [0.25, 0.3) is 5.82 Å². The fraction of sp³-hybridized carbons (Fsp3) is 0.182. The fourth-order valence-electron chi connectivity index (χ4n) is 1.27. The molecular weight excluding hydrogens is 234 g/mol. The standard InChI is InChI=1S/C11H9N5O2/c1-2-18-11(17)8-4-15-16(7-8)10-6-13-9(3-12)5-14-10/h4-7H,2H2,1H3. The molecule has 0 aliphatic rings. The Bertz CT molecular complexity index is 597.